The number of hydrogen-bond acceptors (Lipinski definition) is 6. The normalized spacial score (nSPS) is 31.6. The molecule has 41 heavy (non-hydrogen) atoms. The lowest BCUT2D eigenvalue weighted by molar-refractivity contribution is -0.229. The van der Waals surface area contributed by atoms with Gasteiger partial charge in [0.1, 0.15) is 5.60 Å². The van der Waals surface area contributed by atoms with Crippen molar-refractivity contribution < 1.29 is 19.7 Å². The lowest BCUT2D eigenvalue weighted by Crippen LogP contribution is -2.82. The minimum Gasteiger partial charge on any atom is -0.504 e. The predicted molar refractivity (Wildman–Crippen MR) is 164 cm³/mol. The number of halogens is 1. The molecule has 1 spiro atoms. The Morgan fingerprint density at radius 1 is 1.24 bits per heavy atom. The number of aromatic hydroxyl groups is 1. The molecule has 6 nitrogen and oxygen atoms in total. The topological polar surface area (TPSA) is 73.2 Å². The number of phenols is 1. The number of benzene rings is 2. The van der Waals surface area contributed by atoms with Crippen LogP contribution in [0.5, 0.6) is 11.5 Å². The molecule has 4 aliphatic rings. The Morgan fingerprint density at radius 3 is 2.80 bits per heavy atom. The van der Waals surface area contributed by atoms with E-state index in [-0.39, 0.29) is 23.7 Å². The second kappa shape index (κ2) is 9.69. The van der Waals surface area contributed by atoms with Crippen LogP contribution in [0.3, 0.4) is 0 Å². The van der Waals surface area contributed by atoms with Crippen LogP contribution in [-0.4, -0.2) is 69.3 Å². The minimum atomic E-state index is -1.04. The van der Waals surface area contributed by atoms with E-state index in [2.05, 4.69) is 52.0 Å². The van der Waals surface area contributed by atoms with Crippen LogP contribution in [0.15, 0.2) is 64.5 Å². The monoisotopic (exact) mass is 634 g/mol. The summed E-state index contributed by atoms with van der Waals surface area (Å²) in [5.74, 6) is 0.502. The molecule has 7 rings (SSSR count). The molecular weight excluding hydrogens is 600 g/mol. The van der Waals surface area contributed by atoms with Crippen LogP contribution in [0.2, 0.25) is 0 Å². The largest absolute Gasteiger partial charge is 0.504 e. The van der Waals surface area contributed by atoms with Gasteiger partial charge < -0.3 is 19.8 Å². The van der Waals surface area contributed by atoms with Gasteiger partial charge in [0, 0.05) is 46.0 Å². The van der Waals surface area contributed by atoms with Gasteiger partial charge in [0.05, 0.1) is 17.1 Å². The summed E-state index contributed by atoms with van der Waals surface area (Å²) >= 11 is 5.05. The van der Waals surface area contributed by atoms with E-state index in [1.807, 2.05) is 36.7 Å². The van der Waals surface area contributed by atoms with E-state index in [1.54, 1.807) is 28.4 Å². The zero-order valence-corrected chi connectivity index (χ0v) is 25.7. The first-order valence-electron chi connectivity index (χ1n) is 14.4. The van der Waals surface area contributed by atoms with E-state index in [1.165, 1.54) is 5.56 Å². The van der Waals surface area contributed by atoms with Crippen LogP contribution in [0.25, 0.3) is 6.08 Å². The Hall–Kier alpha value is -2.65. The Labute approximate surface area is 253 Å². The number of carbonyl (C=O) groups is 1. The SMILES string of the molecule is CN(C(=O)/C=C/c1cc(Br)cs1)[C@@H]1CC[C@@]2(O)[C@H]3Cc4ccc(O)c5c4[C@@]2(CCN3CCc2ccccc2)[C@@]1(C)O5. The summed E-state index contributed by atoms with van der Waals surface area (Å²) < 4.78 is 7.82. The fourth-order valence-corrected chi connectivity index (χ4v) is 9.99. The van der Waals surface area contributed by atoms with Gasteiger partial charge in [-0.25, -0.2) is 0 Å². The van der Waals surface area contributed by atoms with Gasteiger partial charge in [0.25, 0.3) is 0 Å². The molecule has 3 aromatic rings. The summed E-state index contributed by atoms with van der Waals surface area (Å²) in [4.78, 5) is 18.8. The standard InChI is InChI=1S/C33H35BrN2O4S/c1-31-26(35(2)28(38)11-9-24-19-23(34)20-41-24)12-14-33(39)27-18-22-8-10-25(37)30(40-31)29(22)32(31,33)15-17-36(27)16-13-21-6-4-3-5-7-21/h3-11,19-20,26-27,37,39H,12-18H2,1-2H3/b11-9+/t26-,27-,31+,32+,33-/m1/s1. The molecule has 1 saturated heterocycles. The lowest BCUT2D eigenvalue weighted by Gasteiger charge is -2.67. The molecule has 2 fully saturated rings. The molecule has 2 aromatic carbocycles. The molecule has 0 radical (unpaired) electrons. The van der Waals surface area contributed by atoms with Crippen LogP contribution in [0, 0.1) is 0 Å². The van der Waals surface area contributed by atoms with Gasteiger partial charge in [-0.15, -0.1) is 11.3 Å². The maximum Gasteiger partial charge on any atom is 0.246 e. The first-order valence-corrected chi connectivity index (χ1v) is 16.1. The zero-order chi connectivity index (χ0) is 28.6. The number of likely N-dealkylation sites (N-methyl/N-ethyl adjacent to an activating group) is 1. The van der Waals surface area contributed by atoms with Crippen molar-refractivity contribution in [3.63, 3.8) is 0 Å². The molecule has 2 bridgehead atoms. The van der Waals surface area contributed by atoms with Crippen molar-refractivity contribution in [1.82, 2.24) is 9.80 Å². The highest BCUT2D eigenvalue weighted by Crippen LogP contribution is 2.69. The van der Waals surface area contributed by atoms with Gasteiger partial charge in [-0.05, 0) is 90.8 Å². The molecule has 2 aliphatic heterocycles. The van der Waals surface area contributed by atoms with Crippen molar-refractivity contribution in [2.24, 2.45) is 0 Å². The molecule has 5 atom stereocenters. The summed E-state index contributed by atoms with van der Waals surface area (Å²) in [6.45, 7) is 3.76. The van der Waals surface area contributed by atoms with Crippen LogP contribution in [0.4, 0.5) is 0 Å². The number of carbonyl (C=O) groups excluding carboxylic acids is 1. The minimum absolute atomic E-state index is 0.0648. The van der Waals surface area contributed by atoms with Crippen LogP contribution in [0.1, 0.15) is 47.8 Å². The quantitative estimate of drug-likeness (QED) is 0.348. The van der Waals surface area contributed by atoms with Crippen molar-refractivity contribution >= 4 is 39.2 Å². The fraction of sp³-hybridized carbons (Fsp3) is 0.424. The third-order valence-electron chi connectivity index (χ3n) is 10.5. The van der Waals surface area contributed by atoms with Crippen molar-refractivity contribution in [2.75, 3.05) is 20.1 Å². The summed E-state index contributed by atoms with van der Waals surface area (Å²) in [6.07, 6.45) is 7.00. The summed E-state index contributed by atoms with van der Waals surface area (Å²) in [7, 11) is 1.84. The van der Waals surface area contributed by atoms with Gasteiger partial charge in [-0.3, -0.25) is 9.69 Å². The molecule has 2 aliphatic carbocycles. The highest BCUT2D eigenvalue weighted by atomic mass is 79.9. The third-order valence-corrected chi connectivity index (χ3v) is 12.1. The van der Waals surface area contributed by atoms with Crippen LogP contribution >= 0.6 is 27.3 Å². The molecule has 3 heterocycles. The zero-order valence-electron chi connectivity index (χ0n) is 23.3. The number of piperidine rings is 1. The van der Waals surface area contributed by atoms with Crippen molar-refractivity contribution in [2.45, 2.75) is 67.7 Å². The van der Waals surface area contributed by atoms with Gasteiger partial charge in [-0.1, -0.05) is 36.4 Å². The van der Waals surface area contributed by atoms with Gasteiger partial charge in [0.2, 0.25) is 5.91 Å². The maximum atomic E-state index is 13.5. The first-order chi connectivity index (χ1) is 19.7. The number of amides is 1. The Kier molecular flexibility index (Phi) is 6.43. The van der Waals surface area contributed by atoms with E-state index in [9.17, 15) is 15.0 Å². The van der Waals surface area contributed by atoms with Crippen LogP contribution in [-0.2, 0) is 23.1 Å². The predicted octanol–water partition coefficient (Wildman–Crippen LogP) is 5.54. The van der Waals surface area contributed by atoms with E-state index < -0.39 is 16.6 Å². The number of phenolic OH excluding ortho intramolecular Hbond substituents is 1. The Balaban J connectivity index is 1.25. The maximum absolute atomic E-state index is 13.5. The Morgan fingerprint density at radius 2 is 2.05 bits per heavy atom. The van der Waals surface area contributed by atoms with Gasteiger partial charge >= 0.3 is 0 Å². The molecular formula is C33H35BrN2O4S. The second-order valence-corrected chi connectivity index (χ2v) is 14.1. The highest BCUT2D eigenvalue weighted by molar-refractivity contribution is 9.10. The number of ether oxygens (including phenoxy) is 1. The molecule has 2 N–H and O–H groups in total. The van der Waals surface area contributed by atoms with Crippen LogP contribution < -0.4 is 4.74 Å². The van der Waals surface area contributed by atoms with Crippen molar-refractivity contribution in [3.8, 4) is 11.5 Å². The fourth-order valence-electron chi connectivity index (χ4n) is 8.65. The third kappa shape index (κ3) is 3.83. The average Bonchev–Trinajstić information content (AvgIpc) is 3.50. The van der Waals surface area contributed by atoms with Crippen molar-refractivity contribution in [3.05, 3.63) is 86.0 Å². The van der Waals surface area contributed by atoms with E-state index in [0.717, 1.165) is 40.0 Å². The lowest BCUT2D eigenvalue weighted by atomic mass is 9.44. The number of thiophene rings is 1. The number of nitrogens with zero attached hydrogens (tertiary/aromatic N) is 2. The molecule has 1 amide bonds. The summed E-state index contributed by atoms with van der Waals surface area (Å²) in [5.41, 5.74) is 0.732. The number of hydrogen-bond donors (Lipinski definition) is 2. The second-order valence-electron chi connectivity index (χ2n) is 12.2. The molecule has 214 valence electrons. The highest BCUT2D eigenvalue weighted by Gasteiger charge is 2.78. The molecule has 1 saturated carbocycles. The number of aliphatic hydroxyl groups is 1. The molecule has 8 heteroatoms. The van der Waals surface area contributed by atoms with E-state index in [4.69, 9.17) is 4.74 Å². The van der Waals surface area contributed by atoms with Gasteiger partial charge in [0.15, 0.2) is 11.5 Å². The average molecular weight is 636 g/mol. The van der Waals surface area contributed by atoms with Crippen molar-refractivity contribution in [1.29, 1.82) is 0 Å². The smallest absolute Gasteiger partial charge is 0.246 e. The summed E-state index contributed by atoms with van der Waals surface area (Å²) in [6, 6.07) is 15.9. The summed E-state index contributed by atoms with van der Waals surface area (Å²) in [5, 5.41) is 25.9. The molecule has 1 aromatic heterocycles. The van der Waals surface area contributed by atoms with E-state index in [0.29, 0.717) is 31.4 Å². The molecule has 0 unspecified atom stereocenters. The van der Waals surface area contributed by atoms with Gasteiger partial charge in [-0.2, -0.15) is 0 Å². The van der Waals surface area contributed by atoms with E-state index >= 15 is 0 Å². The number of likely N-dealkylation sites (tertiary alicyclic amines) is 1. The Bertz CT molecular complexity index is 1540. The number of rotatable bonds is 6. The first kappa shape index (κ1) is 27.2.